The van der Waals surface area contributed by atoms with Gasteiger partial charge in [0.15, 0.2) is 0 Å². The van der Waals surface area contributed by atoms with Crippen molar-refractivity contribution in [3.8, 4) is 0 Å². The third kappa shape index (κ3) is 0.690. The number of hydrogen-bond acceptors (Lipinski definition) is 2. The summed E-state index contributed by atoms with van der Waals surface area (Å²) in [4.78, 5) is 11.6. The highest BCUT2D eigenvalue weighted by Crippen LogP contribution is 2.12. The van der Waals surface area contributed by atoms with E-state index in [2.05, 4.69) is 6.92 Å². The number of aliphatic hydroxyl groups excluding tert-OH is 1. The number of hydrogen-bond donors (Lipinski definition) is 1. The molecule has 1 amide bonds. The van der Waals surface area contributed by atoms with Crippen molar-refractivity contribution in [1.82, 2.24) is 4.90 Å². The number of aliphatic hydroxyl groups is 1. The summed E-state index contributed by atoms with van der Waals surface area (Å²) >= 11 is 0. The maximum absolute atomic E-state index is 10.3. The molecule has 1 heterocycles. The van der Waals surface area contributed by atoms with Crippen molar-refractivity contribution in [2.24, 2.45) is 0 Å². The third-order valence-electron chi connectivity index (χ3n) is 1.31. The minimum atomic E-state index is -0.556. The maximum atomic E-state index is 10.3. The van der Waals surface area contributed by atoms with Gasteiger partial charge in [0.25, 0.3) is 0 Å². The van der Waals surface area contributed by atoms with Gasteiger partial charge in [0.2, 0.25) is 5.91 Å². The third-order valence-corrected chi connectivity index (χ3v) is 1.31. The van der Waals surface area contributed by atoms with Gasteiger partial charge < -0.3 is 10.0 Å². The summed E-state index contributed by atoms with van der Waals surface area (Å²) in [6.07, 6.45) is 0.140. The van der Waals surface area contributed by atoms with Gasteiger partial charge in [0.05, 0.1) is 0 Å². The number of carbonyl (C=O) groups is 1. The Morgan fingerprint density at radius 2 is 2.50 bits per heavy atom. The standard InChI is InChI=1S/C5H8NO2/c1-4(7)6-3-2-5(6)8/h5,8H,1-3H2. The SMILES string of the molecule is [CH2]C(=O)N1CCC1O. The highest BCUT2D eigenvalue weighted by Gasteiger charge is 2.27. The van der Waals surface area contributed by atoms with Crippen molar-refractivity contribution in [2.75, 3.05) is 6.54 Å². The molecule has 1 N–H and O–H groups in total. The molecule has 1 aliphatic rings. The van der Waals surface area contributed by atoms with Crippen LogP contribution in [0.25, 0.3) is 0 Å². The van der Waals surface area contributed by atoms with E-state index >= 15 is 0 Å². The number of likely N-dealkylation sites (tertiary alicyclic amines) is 1. The van der Waals surface area contributed by atoms with E-state index in [0.717, 1.165) is 0 Å². The van der Waals surface area contributed by atoms with Gasteiger partial charge in [-0.1, -0.05) is 0 Å². The van der Waals surface area contributed by atoms with Crippen LogP contribution in [0.15, 0.2) is 0 Å². The van der Waals surface area contributed by atoms with Crippen LogP contribution in [0.4, 0.5) is 0 Å². The lowest BCUT2D eigenvalue weighted by molar-refractivity contribution is -0.148. The summed E-state index contributed by atoms with van der Waals surface area (Å²) in [6.45, 7) is 3.79. The van der Waals surface area contributed by atoms with Gasteiger partial charge in [-0.3, -0.25) is 4.79 Å². The van der Waals surface area contributed by atoms with Gasteiger partial charge in [-0.05, 0) is 0 Å². The predicted octanol–water partition coefficient (Wildman–Crippen LogP) is -0.629. The van der Waals surface area contributed by atoms with Gasteiger partial charge in [-0.15, -0.1) is 0 Å². The Morgan fingerprint density at radius 1 is 1.88 bits per heavy atom. The van der Waals surface area contributed by atoms with Crippen LogP contribution in [0.1, 0.15) is 6.42 Å². The summed E-state index contributed by atoms with van der Waals surface area (Å²) in [7, 11) is 0. The number of carbonyl (C=O) groups excluding carboxylic acids is 1. The molecule has 3 heteroatoms. The minimum absolute atomic E-state index is 0.288. The molecule has 1 rings (SSSR count). The molecule has 8 heavy (non-hydrogen) atoms. The van der Waals surface area contributed by atoms with Crippen LogP contribution < -0.4 is 0 Å². The first kappa shape index (κ1) is 5.56. The van der Waals surface area contributed by atoms with Crippen molar-refractivity contribution in [3.05, 3.63) is 6.92 Å². The maximum Gasteiger partial charge on any atom is 0.225 e. The monoisotopic (exact) mass is 114 g/mol. The van der Waals surface area contributed by atoms with Crippen molar-refractivity contribution in [1.29, 1.82) is 0 Å². The molecule has 0 aromatic heterocycles. The summed E-state index contributed by atoms with van der Waals surface area (Å²) in [5.41, 5.74) is 0. The van der Waals surface area contributed by atoms with Crippen molar-refractivity contribution >= 4 is 5.91 Å². The Balaban J connectivity index is 2.37. The quantitative estimate of drug-likeness (QED) is 0.455. The molecule has 1 aliphatic heterocycles. The zero-order chi connectivity index (χ0) is 6.15. The summed E-state index contributed by atoms with van der Waals surface area (Å²) in [5.74, 6) is -0.288. The zero-order valence-electron chi connectivity index (χ0n) is 4.50. The number of nitrogens with zero attached hydrogens (tertiary/aromatic N) is 1. The van der Waals surface area contributed by atoms with Crippen LogP contribution in [-0.4, -0.2) is 28.7 Å². The lowest BCUT2D eigenvalue weighted by atomic mass is 10.2. The van der Waals surface area contributed by atoms with Crippen LogP contribution in [0.2, 0.25) is 0 Å². The van der Waals surface area contributed by atoms with E-state index in [1.54, 1.807) is 0 Å². The topological polar surface area (TPSA) is 40.5 Å². The van der Waals surface area contributed by atoms with Crippen LogP contribution in [-0.2, 0) is 4.79 Å². The van der Waals surface area contributed by atoms with E-state index in [1.165, 1.54) is 4.90 Å². The summed E-state index contributed by atoms with van der Waals surface area (Å²) < 4.78 is 0. The molecule has 0 aromatic carbocycles. The number of amides is 1. The Bertz CT molecular complexity index is 113. The molecule has 1 radical (unpaired) electrons. The predicted molar refractivity (Wildman–Crippen MR) is 27.7 cm³/mol. The van der Waals surface area contributed by atoms with Crippen molar-refractivity contribution < 1.29 is 9.90 Å². The summed E-state index contributed by atoms with van der Waals surface area (Å²) in [5, 5.41) is 8.74. The molecule has 0 aliphatic carbocycles. The lowest BCUT2D eigenvalue weighted by Crippen LogP contribution is -2.49. The normalized spacial score (nSPS) is 27.2. The average Bonchev–Trinajstić information content (AvgIpc) is 1.61. The molecule has 3 nitrogen and oxygen atoms in total. The molecule has 0 saturated carbocycles. The Hall–Kier alpha value is -0.570. The highest BCUT2D eigenvalue weighted by atomic mass is 16.3. The van der Waals surface area contributed by atoms with Crippen LogP contribution >= 0.6 is 0 Å². The Kier molecular flexibility index (Phi) is 1.21. The molecule has 45 valence electrons. The molecule has 0 aromatic rings. The van der Waals surface area contributed by atoms with Gasteiger partial charge >= 0.3 is 0 Å². The smallest absolute Gasteiger partial charge is 0.225 e. The molecule has 0 bridgehead atoms. The van der Waals surface area contributed by atoms with Crippen molar-refractivity contribution in [2.45, 2.75) is 12.6 Å². The Morgan fingerprint density at radius 3 is 2.50 bits per heavy atom. The van der Waals surface area contributed by atoms with Crippen LogP contribution in [0.5, 0.6) is 0 Å². The van der Waals surface area contributed by atoms with E-state index in [4.69, 9.17) is 5.11 Å². The van der Waals surface area contributed by atoms with E-state index in [9.17, 15) is 4.79 Å². The lowest BCUT2D eigenvalue weighted by Gasteiger charge is -2.35. The fourth-order valence-electron chi connectivity index (χ4n) is 0.665. The summed E-state index contributed by atoms with van der Waals surface area (Å²) in [6, 6.07) is 0. The van der Waals surface area contributed by atoms with Crippen LogP contribution in [0.3, 0.4) is 0 Å². The second kappa shape index (κ2) is 1.74. The molecule has 1 atom stereocenters. The molecule has 1 saturated heterocycles. The first-order valence-corrected chi connectivity index (χ1v) is 2.52. The van der Waals surface area contributed by atoms with Crippen LogP contribution in [0, 0.1) is 6.92 Å². The fraction of sp³-hybridized carbons (Fsp3) is 0.600. The molecule has 0 spiro atoms. The van der Waals surface area contributed by atoms with E-state index in [-0.39, 0.29) is 5.91 Å². The zero-order valence-corrected chi connectivity index (χ0v) is 4.50. The Labute approximate surface area is 47.9 Å². The molecular formula is C5H8NO2. The fourth-order valence-corrected chi connectivity index (χ4v) is 0.665. The largest absolute Gasteiger partial charge is 0.373 e. The van der Waals surface area contributed by atoms with Gasteiger partial charge in [0, 0.05) is 19.9 Å². The van der Waals surface area contributed by atoms with E-state index < -0.39 is 6.23 Å². The van der Waals surface area contributed by atoms with E-state index in [0.29, 0.717) is 13.0 Å². The van der Waals surface area contributed by atoms with Gasteiger partial charge in [-0.2, -0.15) is 0 Å². The minimum Gasteiger partial charge on any atom is -0.373 e. The number of rotatable bonds is 0. The van der Waals surface area contributed by atoms with E-state index in [1.807, 2.05) is 0 Å². The second-order valence-electron chi connectivity index (χ2n) is 1.86. The first-order chi connectivity index (χ1) is 3.72. The molecule has 1 fully saturated rings. The first-order valence-electron chi connectivity index (χ1n) is 2.52. The van der Waals surface area contributed by atoms with Gasteiger partial charge in [0.1, 0.15) is 6.23 Å². The average molecular weight is 114 g/mol. The van der Waals surface area contributed by atoms with Crippen molar-refractivity contribution in [3.63, 3.8) is 0 Å². The molecule has 1 unspecified atom stereocenters. The highest BCUT2D eigenvalue weighted by molar-refractivity contribution is 5.81. The second-order valence-corrected chi connectivity index (χ2v) is 1.86. The molecular weight excluding hydrogens is 106 g/mol. The van der Waals surface area contributed by atoms with Gasteiger partial charge in [-0.25, -0.2) is 0 Å².